The van der Waals surface area contributed by atoms with Crippen LogP contribution in [0, 0.1) is 0 Å². The lowest BCUT2D eigenvalue weighted by Gasteiger charge is -2.17. The van der Waals surface area contributed by atoms with Crippen molar-refractivity contribution in [1.82, 2.24) is 10.3 Å². The molecule has 0 saturated heterocycles. The molecule has 1 unspecified atom stereocenters. The molecule has 1 aromatic rings. The Labute approximate surface area is 199 Å². The highest BCUT2D eigenvalue weighted by Gasteiger charge is 2.36. The number of azo groups is 1. The average molecular weight is 528 g/mol. The van der Waals surface area contributed by atoms with E-state index in [1.54, 1.807) is 0 Å². The van der Waals surface area contributed by atoms with Crippen molar-refractivity contribution in [3.8, 4) is 28.6 Å². The number of carbonyl (C=O) groups excluding carboxylic acids is 1. The van der Waals surface area contributed by atoms with Crippen molar-refractivity contribution in [1.29, 1.82) is 0 Å². The van der Waals surface area contributed by atoms with Crippen LogP contribution < -0.4 is 10.1 Å². The molecule has 1 aliphatic carbocycles. The van der Waals surface area contributed by atoms with Crippen molar-refractivity contribution < 1.29 is 51.2 Å². The van der Waals surface area contributed by atoms with Gasteiger partial charge in [-0.3, -0.25) is 9.59 Å². The molecule has 3 aliphatic rings. The first-order valence-corrected chi connectivity index (χ1v) is 11.4. The summed E-state index contributed by atoms with van der Waals surface area (Å²) in [4.78, 5) is 25.1. The lowest BCUT2D eigenvalue weighted by Crippen LogP contribution is -2.29. The second-order valence-corrected chi connectivity index (χ2v) is 9.62. The molecule has 0 fully saturated rings. The van der Waals surface area contributed by atoms with E-state index in [9.17, 15) is 41.4 Å². The Balaban J connectivity index is 1.65. The van der Waals surface area contributed by atoms with Crippen molar-refractivity contribution in [2.45, 2.75) is 23.1 Å². The molecule has 36 heavy (non-hydrogen) atoms. The van der Waals surface area contributed by atoms with Gasteiger partial charge in [0.1, 0.15) is 29.3 Å². The van der Waals surface area contributed by atoms with E-state index in [0.29, 0.717) is 0 Å². The third-order valence-electron chi connectivity index (χ3n) is 5.14. The Morgan fingerprint density at radius 3 is 2.47 bits per heavy atom. The number of nitrogens with zero attached hydrogens (tertiary/aromatic N) is 2. The molecule has 16 heteroatoms. The third kappa shape index (κ3) is 4.61. The van der Waals surface area contributed by atoms with Gasteiger partial charge in [0.05, 0.1) is 16.2 Å². The molecule has 5 N–H and O–H groups in total. The number of rotatable bonds is 6. The van der Waals surface area contributed by atoms with Crippen LogP contribution in [-0.2, 0) is 21.1 Å². The Kier molecular flexibility index (Phi) is 5.99. The summed E-state index contributed by atoms with van der Waals surface area (Å²) in [5.41, 5.74) is -0.318. The van der Waals surface area contributed by atoms with Crippen LogP contribution >= 0.6 is 0 Å². The molecule has 2 aliphatic heterocycles. The Bertz CT molecular complexity index is 1470. The molecule has 1 atom stereocenters. The van der Waals surface area contributed by atoms with E-state index in [1.807, 2.05) is 5.32 Å². The summed E-state index contributed by atoms with van der Waals surface area (Å²) in [6.45, 7) is -0.780. The lowest BCUT2D eigenvalue weighted by molar-refractivity contribution is -0.274. The number of pyridine rings is 1. The van der Waals surface area contributed by atoms with E-state index in [2.05, 4.69) is 19.9 Å². The van der Waals surface area contributed by atoms with Crippen LogP contribution in [0.15, 0.2) is 45.5 Å². The van der Waals surface area contributed by atoms with E-state index >= 15 is 0 Å². The van der Waals surface area contributed by atoms with Gasteiger partial charge < -0.3 is 30.4 Å². The maximum Gasteiger partial charge on any atom is 0.573 e. The van der Waals surface area contributed by atoms with Gasteiger partial charge in [-0.2, -0.15) is 10.2 Å². The zero-order valence-corrected chi connectivity index (χ0v) is 18.5. The van der Waals surface area contributed by atoms with Gasteiger partial charge in [-0.15, -0.1) is 13.2 Å². The van der Waals surface area contributed by atoms with Gasteiger partial charge in [-0.25, -0.2) is 8.42 Å². The Hall–Kier alpha value is -4.34. The van der Waals surface area contributed by atoms with Gasteiger partial charge in [0, 0.05) is 6.42 Å². The molecule has 1 aromatic carbocycles. The van der Waals surface area contributed by atoms with Crippen molar-refractivity contribution in [3.63, 3.8) is 0 Å². The molecule has 4 rings (SSSR count). The predicted octanol–water partition coefficient (Wildman–Crippen LogP) is 2.68. The summed E-state index contributed by atoms with van der Waals surface area (Å²) in [7, 11) is -4.20. The van der Waals surface area contributed by atoms with Crippen molar-refractivity contribution in [3.05, 3.63) is 41.5 Å². The van der Waals surface area contributed by atoms with Crippen molar-refractivity contribution in [2.24, 2.45) is 10.2 Å². The highest BCUT2D eigenvalue weighted by Crippen LogP contribution is 2.49. The molecule has 0 saturated carbocycles. The zero-order valence-electron chi connectivity index (χ0n) is 17.7. The molecule has 1 amide bonds. The van der Waals surface area contributed by atoms with Crippen molar-refractivity contribution >= 4 is 27.4 Å². The zero-order chi connectivity index (χ0) is 26.4. The predicted molar refractivity (Wildman–Crippen MR) is 113 cm³/mol. The highest BCUT2D eigenvalue weighted by atomic mass is 32.2. The number of ether oxygens (including phenoxy) is 1. The lowest BCUT2D eigenvalue weighted by atomic mass is 10.1. The first-order chi connectivity index (χ1) is 16.8. The van der Waals surface area contributed by atoms with Crippen LogP contribution in [0.5, 0.6) is 17.4 Å². The average Bonchev–Trinajstić information content (AvgIpc) is 3.14. The fourth-order valence-electron chi connectivity index (χ4n) is 3.61. The number of carboxylic acids is 1. The Morgan fingerprint density at radius 1 is 1.19 bits per heavy atom. The molecule has 190 valence electrons. The fourth-order valence-corrected chi connectivity index (χ4v) is 5.01. The summed E-state index contributed by atoms with van der Waals surface area (Å²) < 4.78 is 66.7. The van der Waals surface area contributed by atoms with Gasteiger partial charge in [0.15, 0.2) is 5.37 Å². The second-order valence-electron chi connectivity index (χ2n) is 7.52. The maximum atomic E-state index is 13.0. The summed E-state index contributed by atoms with van der Waals surface area (Å²) in [6, 6.07) is 4.93. The molecule has 0 bridgehead atoms. The van der Waals surface area contributed by atoms with Crippen LogP contribution in [0.4, 0.5) is 18.9 Å². The van der Waals surface area contributed by atoms with E-state index < -0.39 is 62.9 Å². The van der Waals surface area contributed by atoms with Gasteiger partial charge in [0.25, 0.3) is 5.91 Å². The minimum Gasteiger partial charge on any atom is -0.506 e. The number of amides is 1. The molecular weight excluding hydrogens is 513 g/mol. The number of alkyl halides is 3. The normalized spacial score (nSPS) is 15.5. The number of hydrogen-bond donors (Lipinski definition) is 5. The first-order valence-electron chi connectivity index (χ1n) is 9.88. The summed E-state index contributed by atoms with van der Waals surface area (Å²) >= 11 is 0. The standard InChI is InChI=1S/C20H15F3N4O8S/c21-20(22,23)35-9-1-3-10(4-2-9)36(33,34)12-6-8-5-11-14(16(8)27-26-12)17(30)15(19(32)25-11)18(31)24-7-13(28)29/h1-5,12,25,30,32H,6-7H2,(H,24,31)(H,28,29). The van der Waals surface area contributed by atoms with Crippen LogP contribution in [0.25, 0.3) is 11.3 Å². The van der Waals surface area contributed by atoms with E-state index in [0.717, 1.165) is 24.3 Å². The van der Waals surface area contributed by atoms with E-state index in [4.69, 9.17) is 5.11 Å². The largest absolute Gasteiger partial charge is 0.573 e. The number of sulfone groups is 1. The fraction of sp³-hybridized carbons (Fsp3) is 0.200. The number of carboxylic acid groups (broad SMARTS) is 1. The van der Waals surface area contributed by atoms with Gasteiger partial charge in [-0.1, -0.05) is 0 Å². The van der Waals surface area contributed by atoms with Crippen LogP contribution in [0.1, 0.15) is 15.9 Å². The third-order valence-corrected chi connectivity index (χ3v) is 7.05. The SMILES string of the molecule is O=C(O)CNC(=O)c1c(O)[nH]c2cc3c(c-2c1O)N=NC(S(=O)(=O)c1ccc(OC(F)(F)F)cc1)C3. The summed E-state index contributed by atoms with van der Waals surface area (Å²) in [5, 5.41) is 37.7. The number of aromatic amines is 1. The Morgan fingerprint density at radius 2 is 1.86 bits per heavy atom. The smallest absolute Gasteiger partial charge is 0.506 e. The van der Waals surface area contributed by atoms with Crippen LogP contribution in [0.3, 0.4) is 0 Å². The van der Waals surface area contributed by atoms with Crippen molar-refractivity contribution in [2.75, 3.05) is 6.54 Å². The number of aromatic nitrogens is 1. The number of H-pyrrole nitrogens is 1. The van der Waals surface area contributed by atoms with Crippen LogP contribution in [-0.4, -0.2) is 58.9 Å². The summed E-state index contributed by atoms with van der Waals surface area (Å²) in [6.07, 6.45) is -5.19. The van der Waals surface area contributed by atoms with Gasteiger partial charge in [0.2, 0.25) is 15.7 Å². The minimum absolute atomic E-state index is 0.0198. The first kappa shape index (κ1) is 24.8. The number of hydrogen-bond acceptors (Lipinski definition) is 9. The number of benzene rings is 1. The quantitative estimate of drug-likeness (QED) is 0.322. The minimum atomic E-state index is -4.94. The second kappa shape index (κ2) is 8.71. The summed E-state index contributed by atoms with van der Waals surface area (Å²) in [5.74, 6) is -4.56. The molecule has 12 nitrogen and oxygen atoms in total. The number of fused-ring (bicyclic) bond motifs is 3. The monoisotopic (exact) mass is 528 g/mol. The molecule has 0 spiro atoms. The van der Waals surface area contributed by atoms with Gasteiger partial charge >= 0.3 is 12.3 Å². The number of aromatic hydroxyl groups is 2. The number of nitrogens with one attached hydrogen (secondary N) is 2. The topological polar surface area (TPSA) is 191 Å². The highest BCUT2D eigenvalue weighted by molar-refractivity contribution is 7.92. The molecule has 0 aromatic heterocycles. The number of carbonyl (C=O) groups is 2. The molecule has 0 radical (unpaired) electrons. The number of halogens is 3. The molecular formula is C20H15F3N4O8S. The van der Waals surface area contributed by atoms with E-state index in [1.165, 1.54) is 6.07 Å². The van der Waals surface area contributed by atoms with Gasteiger partial charge in [-0.05, 0) is 35.9 Å². The number of aliphatic carboxylic acids is 1. The maximum absolute atomic E-state index is 13.0. The molecule has 2 heterocycles. The van der Waals surface area contributed by atoms with E-state index in [-0.39, 0.29) is 33.8 Å². The van der Waals surface area contributed by atoms with Crippen LogP contribution in [0.2, 0.25) is 0 Å².